The molecule has 0 fully saturated rings. The van der Waals surface area contributed by atoms with Crippen molar-refractivity contribution in [3.05, 3.63) is 65.0 Å². The average molecular weight is 314 g/mol. The summed E-state index contributed by atoms with van der Waals surface area (Å²) in [6.07, 6.45) is 0.846. The van der Waals surface area contributed by atoms with Gasteiger partial charge in [-0.15, -0.1) is 0 Å². The SMILES string of the molecule is CCOC(=O)C1Cc2c(F)ccc(OCc3ccccc3)c2C1. The van der Waals surface area contributed by atoms with E-state index in [0.717, 1.165) is 11.1 Å². The molecule has 2 aromatic rings. The second kappa shape index (κ2) is 6.82. The lowest BCUT2D eigenvalue weighted by molar-refractivity contribution is -0.147. The smallest absolute Gasteiger partial charge is 0.309 e. The van der Waals surface area contributed by atoms with Crippen LogP contribution in [0, 0.1) is 11.7 Å². The summed E-state index contributed by atoms with van der Waals surface area (Å²) in [7, 11) is 0. The van der Waals surface area contributed by atoms with Crippen LogP contribution in [0.15, 0.2) is 42.5 Å². The minimum Gasteiger partial charge on any atom is -0.489 e. The van der Waals surface area contributed by atoms with E-state index in [9.17, 15) is 9.18 Å². The summed E-state index contributed by atoms with van der Waals surface area (Å²) in [6.45, 7) is 2.53. The maximum atomic E-state index is 14.0. The standard InChI is InChI=1S/C19H19FO3/c1-2-22-19(21)14-10-15-16(11-14)18(9-8-17(15)20)23-12-13-6-4-3-5-7-13/h3-9,14H,2,10-12H2,1H3. The van der Waals surface area contributed by atoms with Crippen molar-refractivity contribution in [3.8, 4) is 5.75 Å². The molecule has 0 heterocycles. The zero-order valence-electron chi connectivity index (χ0n) is 13.0. The second-order valence-electron chi connectivity index (χ2n) is 5.63. The maximum absolute atomic E-state index is 14.0. The van der Waals surface area contributed by atoms with Gasteiger partial charge >= 0.3 is 5.97 Å². The van der Waals surface area contributed by atoms with Crippen LogP contribution >= 0.6 is 0 Å². The number of hydrogen-bond donors (Lipinski definition) is 0. The fourth-order valence-electron chi connectivity index (χ4n) is 2.95. The van der Waals surface area contributed by atoms with Gasteiger partial charge in [-0.25, -0.2) is 4.39 Å². The molecular formula is C19H19FO3. The van der Waals surface area contributed by atoms with Crippen molar-refractivity contribution >= 4 is 5.97 Å². The van der Waals surface area contributed by atoms with E-state index in [4.69, 9.17) is 9.47 Å². The molecule has 0 aliphatic heterocycles. The molecule has 3 rings (SSSR count). The molecule has 23 heavy (non-hydrogen) atoms. The van der Waals surface area contributed by atoms with Crippen LogP contribution in [0.2, 0.25) is 0 Å². The van der Waals surface area contributed by atoms with E-state index in [2.05, 4.69) is 0 Å². The van der Waals surface area contributed by atoms with Crippen LogP contribution in [0.3, 0.4) is 0 Å². The van der Waals surface area contributed by atoms with Gasteiger partial charge in [-0.1, -0.05) is 30.3 Å². The molecule has 1 aliphatic carbocycles. The van der Waals surface area contributed by atoms with Gasteiger partial charge in [0.15, 0.2) is 0 Å². The zero-order chi connectivity index (χ0) is 16.2. The molecule has 0 saturated carbocycles. The van der Waals surface area contributed by atoms with E-state index < -0.39 is 0 Å². The highest BCUT2D eigenvalue weighted by Gasteiger charge is 2.32. The Kier molecular flexibility index (Phi) is 4.60. The van der Waals surface area contributed by atoms with Gasteiger partial charge < -0.3 is 9.47 Å². The summed E-state index contributed by atoms with van der Waals surface area (Å²) in [5.41, 5.74) is 2.41. The van der Waals surface area contributed by atoms with Crippen molar-refractivity contribution in [2.45, 2.75) is 26.4 Å². The number of ether oxygens (including phenoxy) is 2. The van der Waals surface area contributed by atoms with E-state index in [1.54, 1.807) is 13.0 Å². The molecule has 0 aromatic heterocycles. The van der Waals surface area contributed by atoms with Crippen LogP contribution in [-0.2, 0) is 29.0 Å². The average Bonchev–Trinajstić information content (AvgIpc) is 3.02. The molecule has 3 nitrogen and oxygen atoms in total. The molecule has 0 N–H and O–H groups in total. The molecule has 120 valence electrons. The first kappa shape index (κ1) is 15.5. The third kappa shape index (κ3) is 3.36. The van der Waals surface area contributed by atoms with Gasteiger partial charge in [0.1, 0.15) is 18.2 Å². The Hall–Kier alpha value is -2.36. The Balaban J connectivity index is 1.77. The lowest BCUT2D eigenvalue weighted by Crippen LogP contribution is -2.17. The fourth-order valence-corrected chi connectivity index (χ4v) is 2.95. The van der Waals surface area contributed by atoms with Gasteiger partial charge in [-0.3, -0.25) is 4.79 Å². The number of fused-ring (bicyclic) bond motifs is 1. The molecule has 1 atom stereocenters. The van der Waals surface area contributed by atoms with Gasteiger partial charge in [-0.05, 0) is 43.0 Å². The molecule has 0 bridgehead atoms. The molecule has 0 saturated heterocycles. The van der Waals surface area contributed by atoms with Crippen molar-refractivity contribution in [1.29, 1.82) is 0 Å². The highest BCUT2D eigenvalue weighted by molar-refractivity contribution is 5.75. The lowest BCUT2D eigenvalue weighted by atomic mass is 10.1. The summed E-state index contributed by atoms with van der Waals surface area (Å²) in [5.74, 6) is -0.214. The number of hydrogen-bond acceptors (Lipinski definition) is 3. The third-order valence-electron chi connectivity index (χ3n) is 4.09. The van der Waals surface area contributed by atoms with Crippen LogP contribution in [0.1, 0.15) is 23.6 Å². The predicted molar refractivity (Wildman–Crippen MR) is 84.7 cm³/mol. The molecule has 0 radical (unpaired) electrons. The molecule has 1 aliphatic rings. The third-order valence-corrected chi connectivity index (χ3v) is 4.09. The van der Waals surface area contributed by atoms with E-state index >= 15 is 0 Å². The number of carbonyl (C=O) groups is 1. The Morgan fingerprint density at radius 1 is 1.13 bits per heavy atom. The Bertz CT molecular complexity index is 697. The second-order valence-corrected chi connectivity index (χ2v) is 5.63. The normalized spacial score (nSPS) is 16.0. The highest BCUT2D eigenvalue weighted by atomic mass is 19.1. The maximum Gasteiger partial charge on any atom is 0.309 e. The van der Waals surface area contributed by atoms with Crippen LogP contribution in [-0.4, -0.2) is 12.6 Å². The fraction of sp³-hybridized carbons (Fsp3) is 0.316. The number of benzene rings is 2. The monoisotopic (exact) mass is 314 g/mol. The van der Waals surface area contributed by atoms with Crippen molar-refractivity contribution < 1.29 is 18.7 Å². The van der Waals surface area contributed by atoms with Crippen molar-refractivity contribution in [2.24, 2.45) is 5.92 Å². The Morgan fingerprint density at radius 2 is 1.87 bits per heavy atom. The highest BCUT2D eigenvalue weighted by Crippen LogP contribution is 2.36. The molecule has 2 aromatic carbocycles. The van der Waals surface area contributed by atoms with E-state index in [1.165, 1.54) is 6.07 Å². The van der Waals surface area contributed by atoms with Crippen LogP contribution in [0.25, 0.3) is 0 Å². The van der Waals surface area contributed by atoms with Crippen LogP contribution < -0.4 is 4.74 Å². The van der Waals surface area contributed by atoms with Crippen molar-refractivity contribution in [2.75, 3.05) is 6.61 Å². The molecule has 1 unspecified atom stereocenters. The minimum atomic E-state index is -0.319. The van der Waals surface area contributed by atoms with Crippen LogP contribution in [0.5, 0.6) is 5.75 Å². The number of esters is 1. The largest absolute Gasteiger partial charge is 0.489 e. The summed E-state index contributed by atoms with van der Waals surface area (Å²) < 4.78 is 25.0. The zero-order valence-corrected chi connectivity index (χ0v) is 13.0. The van der Waals surface area contributed by atoms with Crippen molar-refractivity contribution in [3.63, 3.8) is 0 Å². The lowest BCUT2D eigenvalue weighted by Gasteiger charge is -2.11. The number of rotatable bonds is 5. The van der Waals surface area contributed by atoms with Gasteiger partial charge in [0.2, 0.25) is 0 Å². The first-order valence-corrected chi connectivity index (χ1v) is 7.82. The van der Waals surface area contributed by atoms with Gasteiger partial charge in [-0.2, -0.15) is 0 Å². The molecule has 4 heteroatoms. The summed E-state index contributed by atoms with van der Waals surface area (Å²) in [6, 6.07) is 12.9. The Labute approximate surface area is 135 Å². The predicted octanol–water partition coefficient (Wildman–Crippen LogP) is 3.68. The molecule has 0 amide bonds. The van der Waals surface area contributed by atoms with Gasteiger partial charge in [0.25, 0.3) is 0 Å². The molecular weight excluding hydrogens is 295 g/mol. The number of carbonyl (C=O) groups excluding carboxylic acids is 1. The number of halogens is 1. The summed E-state index contributed by atoms with van der Waals surface area (Å²) >= 11 is 0. The van der Waals surface area contributed by atoms with E-state index in [1.807, 2.05) is 30.3 Å². The Morgan fingerprint density at radius 3 is 2.61 bits per heavy atom. The van der Waals surface area contributed by atoms with Crippen LogP contribution in [0.4, 0.5) is 4.39 Å². The summed E-state index contributed by atoms with van der Waals surface area (Å²) in [4.78, 5) is 11.9. The molecule has 0 spiro atoms. The summed E-state index contributed by atoms with van der Waals surface area (Å²) in [5, 5.41) is 0. The quantitative estimate of drug-likeness (QED) is 0.790. The minimum absolute atomic E-state index is 0.267. The topological polar surface area (TPSA) is 35.5 Å². The van der Waals surface area contributed by atoms with Gasteiger partial charge in [0.05, 0.1) is 12.5 Å². The first-order chi connectivity index (χ1) is 11.2. The van der Waals surface area contributed by atoms with E-state index in [-0.39, 0.29) is 17.7 Å². The van der Waals surface area contributed by atoms with E-state index in [0.29, 0.717) is 37.4 Å². The van der Waals surface area contributed by atoms with Crippen molar-refractivity contribution in [1.82, 2.24) is 0 Å². The van der Waals surface area contributed by atoms with Gasteiger partial charge in [0, 0.05) is 5.56 Å². The first-order valence-electron chi connectivity index (χ1n) is 7.82.